The first-order valence-electron chi connectivity index (χ1n) is 7.34. The predicted molar refractivity (Wildman–Crippen MR) is 80.6 cm³/mol. The molecule has 0 spiro atoms. The number of nitrogen functional groups attached to an aromatic ring is 1. The van der Waals surface area contributed by atoms with Crippen molar-refractivity contribution in [1.29, 1.82) is 0 Å². The molecule has 6 heteroatoms. The lowest BCUT2D eigenvalue weighted by Crippen LogP contribution is -2.27. The van der Waals surface area contributed by atoms with Crippen LogP contribution in [0.4, 0.5) is 11.6 Å². The van der Waals surface area contributed by atoms with E-state index in [1.165, 1.54) is 0 Å². The average Bonchev–Trinajstić information content (AvgIpc) is 2.96. The lowest BCUT2D eigenvalue weighted by atomic mass is 10.0. The van der Waals surface area contributed by atoms with Gasteiger partial charge in [-0.05, 0) is 26.7 Å². The van der Waals surface area contributed by atoms with Crippen LogP contribution in [-0.4, -0.2) is 29.2 Å². The van der Waals surface area contributed by atoms with Crippen molar-refractivity contribution in [1.82, 2.24) is 9.97 Å². The number of nitrogens with one attached hydrogen (secondary N) is 2. The Morgan fingerprint density at radius 2 is 2.15 bits per heavy atom. The number of aromatic nitrogens is 2. The molecule has 4 N–H and O–H groups in total. The number of rotatable bonds is 6. The smallest absolute Gasteiger partial charge is 0.148 e. The minimum atomic E-state index is 0.325. The van der Waals surface area contributed by atoms with Gasteiger partial charge in [0.15, 0.2) is 0 Å². The third-order valence-corrected chi connectivity index (χ3v) is 3.84. The van der Waals surface area contributed by atoms with E-state index >= 15 is 0 Å². The van der Waals surface area contributed by atoms with Crippen LogP contribution in [0.3, 0.4) is 0 Å². The zero-order valence-electron chi connectivity index (χ0n) is 12.6. The zero-order chi connectivity index (χ0) is 14.5. The van der Waals surface area contributed by atoms with Crippen molar-refractivity contribution in [2.24, 2.45) is 11.8 Å². The van der Waals surface area contributed by atoms with Crippen LogP contribution < -0.4 is 16.6 Å². The third kappa shape index (κ3) is 3.37. The second-order valence-electron chi connectivity index (χ2n) is 5.41. The Hall–Kier alpha value is -1.40. The Morgan fingerprint density at radius 3 is 2.75 bits per heavy atom. The number of nitrogens with two attached hydrogens (primary N) is 1. The molecule has 1 aliphatic heterocycles. The molecule has 2 unspecified atom stereocenters. The van der Waals surface area contributed by atoms with Crippen LogP contribution in [0.25, 0.3) is 0 Å². The topological polar surface area (TPSA) is 85.1 Å². The van der Waals surface area contributed by atoms with Crippen molar-refractivity contribution in [3.05, 3.63) is 11.4 Å². The highest BCUT2D eigenvalue weighted by Gasteiger charge is 2.23. The van der Waals surface area contributed by atoms with Gasteiger partial charge in [-0.15, -0.1) is 0 Å². The standard InChI is InChI=1S/C14H25N5O/c1-4-5-12-17-13(9(2)14(18-12)19-15)16-10(3)11-6-7-20-8-11/h10-11H,4-8,15H2,1-3H3,(H2,16,17,18,19). The van der Waals surface area contributed by atoms with Gasteiger partial charge in [-0.3, -0.25) is 0 Å². The molecule has 0 radical (unpaired) electrons. The molecule has 1 aliphatic rings. The molecule has 0 bridgehead atoms. The summed E-state index contributed by atoms with van der Waals surface area (Å²) in [6.07, 6.45) is 2.96. The Morgan fingerprint density at radius 1 is 1.40 bits per heavy atom. The summed E-state index contributed by atoms with van der Waals surface area (Å²) in [7, 11) is 0. The van der Waals surface area contributed by atoms with Crippen LogP contribution in [0.2, 0.25) is 0 Å². The summed E-state index contributed by atoms with van der Waals surface area (Å²) in [6.45, 7) is 7.95. The molecule has 1 aromatic rings. The van der Waals surface area contributed by atoms with E-state index < -0.39 is 0 Å². The van der Waals surface area contributed by atoms with E-state index in [1.54, 1.807) is 0 Å². The van der Waals surface area contributed by atoms with E-state index in [4.69, 9.17) is 10.6 Å². The molecule has 1 saturated heterocycles. The van der Waals surface area contributed by atoms with Gasteiger partial charge in [-0.25, -0.2) is 15.8 Å². The zero-order valence-corrected chi connectivity index (χ0v) is 12.6. The third-order valence-electron chi connectivity index (χ3n) is 3.84. The summed E-state index contributed by atoms with van der Waals surface area (Å²) >= 11 is 0. The molecule has 2 atom stereocenters. The highest BCUT2D eigenvalue weighted by atomic mass is 16.5. The van der Waals surface area contributed by atoms with Crippen LogP contribution in [0, 0.1) is 12.8 Å². The van der Waals surface area contributed by atoms with E-state index in [9.17, 15) is 0 Å². The maximum Gasteiger partial charge on any atom is 0.148 e. The monoisotopic (exact) mass is 279 g/mol. The van der Waals surface area contributed by atoms with E-state index in [0.29, 0.717) is 17.8 Å². The van der Waals surface area contributed by atoms with Gasteiger partial charge in [0, 0.05) is 30.6 Å². The van der Waals surface area contributed by atoms with Crippen molar-refractivity contribution in [3.63, 3.8) is 0 Å². The first-order chi connectivity index (χ1) is 9.65. The summed E-state index contributed by atoms with van der Waals surface area (Å²) < 4.78 is 5.45. The van der Waals surface area contributed by atoms with Gasteiger partial charge < -0.3 is 15.5 Å². The number of hydrogen-bond donors (Lipinski definition) is 3. The molecule has 2 heterocycles. The summed E-state index contributed by atoms with van der Waals surface area (Å²) in [5, 5.41) is 3.50. The van der Waals surface area contributed by atoms with Gasteiger partial charge in [0.05, 0.1) is 6.61 Å². The number of ether oxygens (including phenoxy) is 1. The van der Waals surface area contributed by atoms with Crippen LogP contribution in [-0.2, 0) is 11.2 Å². The van der Waals surface area contributed by atoms with Gasteiger partial charge in [0.25, 0.3) is 0 Å². The van der Waals surface area contributed by atoms with Gasteiger partial charge in [0.2, 0.25) is 0 Å². The van der Waals surface area contributed by atoms with Gasteiger partial charge in [-0.2, -0.15) is 0 Å². The second-order valence-corrected chi connectivity index (χ2v) is 5.41. The predicted octanol–water partition coefficient (Wildman–Crippen LogP) is 1.86. The van der Waals surface area contributed by atoms with Crippen molar-refractivity contribution >= 4 is 11.6 Å². The van der Waals surface area contributed by atoms with Gasteiger partial charge in [-0.1, -0.05) is 6.92 Å². The highest BCUT2D eigenvalue weighted by molar-refractivity contribution is 5.57. The number of nitrogens with zero attached hydrogens (tertiary/aromatic N) is 2. The second kappa shape index (κ2) is 6.85. The fraction of sp³-hybridized carbons (Fsp3) is 0.714. The van der Waals surface area contributed by atoms with Crippen LogP contribution in [0.1, 0.15) is 38.1 Å². The Kier molecular flexibility index (Phi) is 5.14. The van der Waals surface area contributed by atoms with Crippen molar-refractivity contribution in [3.8, 4) is 0 Å². The number of hydrazine groups is 1. The molecular weight excluding hydrogens is 254 g/mol. The van der Waals surface area contributed by atoms with E-state index in [-0.39, 0.29) is 0 Å². The molecule has 112 valence electrons. The van der Waals surface area contributed by atoms with E-state index in [2.05, 4.69) is 34.6 Å². The van der Waals surface area contributed by atoms with Gasteiger partial charge >= 0.3 is 0 Å². The Balaban J connectivity index is 2.17. The highest BCUT2D eigenvalue weighted by Crippen LogP contribution is 2.24. The molecule has 1 aromatic heterocycles. The van der Waals surface area contributed by atoms with E-state index in [0.717, 1.165) is 49.7 Å². The van der Waals surface area contributed by atoms with E-state index in [1.807, 2.05) is 6.92 Å². The lowest BCUT2D eigenvalue weighted by Gasteiger charge is -2.22. The largest absolute Gasteiger partial charge is 0.381 e. The summed E-state index contributed by atoms with van der Waals surface area (Å²) in [5.74, 6) is 8.47. The number of anilines is 2. The van der Waals surface area contributed by atoms with Crippen LogP contribution in [0.5, 0.6) is 0 Å². The lowest BCUT2D eigenvalue weighted by molar-refractivity contribution is 0.183. The molecule has 20 heavy (non-hydrogen) atoms. The quantitative estimate of drug-likeness (QED) is 0.544. The minimum absolute atomic E-state index is 0.325. The van der Waals surface area contributed by atoms with Crippen LogP contribution in [0.15, 0.2) is 0 Å². The molecule has 6 nitrogen and oxygen atoms in total. The van der Waals surface area contributed by atoms with Crippen molar-refractivity contribution < 1.29 is 4.74 Å². The van der Waals surface area contributed by atoms with Gasteiger partial charge in [0.1, 0.15) is 17.5 Å². The van der Waals surface area contributed by atoms with Crippen molar-refractivity contribution in [2.75, 3.05) is 24.0 Å². The maximum atomic E-state index is 5.55. The molecule has 0 aliphatic carbocycles. The Labute approximate surface area is 120 Å². The fourth-order valence-electron chi connectivity index (χ4n) is 2.46. The minimum Gasteiger partial charge on any atom is -0.381 e. The molecule has 0 aromatic carbocycles. The van der Waals surface area contributed by atoms with Crippen LogP contribution >= 0.6 is 0 Å². The fourth-order valence-corrected chi connectivity index (χ4v) is 2.46. The molecular formula is C14H25N5O. The number of aryl methyl sites for hydroxylation is 1. The molecule has 1 fully saturated rings. The Bertz CT molecular complexity index is 445. The first kappa shape index (κ1) is 15.0. The first-order valence-corrected chi connectivity index (χ1v) is 7.34. The summed E-state index contributed by atoms with van der Waals surface area (Å²) in [5.41, 5.74) is 3.62. The summed E-state index contributed by atoms with van der Waals surface area (Å²) in [4.78, 5) is 9.06. The SMILES string of the molecule is CCCc1nc(NN)c(C)c(NC(C)C2CCOC2)n1. The maximum absolute atomic E-state index is 5.55. The van der Waals surface area contributed by atoms with Crippen molar-refractivity contribution in [2.45, 2.75) is 46.1 Å². The average molecular weight is 279 g/mol. The summed E-state index contributed by atoms with van der Waals surface area (Å²) in [6, 6.07) is 0.325. The number of hydrogen-bond acceptors (Lipinski definition) is 6. The molecule has 0 saturated carbocycles. The normalized spacial score (nSPS) is 19.9. The molecule has 2 rings (SSSR count). The molecule has 0 amide bonds.